The maximum Gasteiger partial charge on any atom is 0.0131 e. The Morgan fingerprint density at radius 2 is 2.25 bits per heavy atom. The Labute approximate surface area is 32.6 Å². The van der Waals surface area contributed by atoms with Crippen molar-refractivity contribution in [2.45, 2.75) is 13.3 Å². The molecular formula is C3H7S. The highest BCUT2D eigenvalue weighted by atomic mass is 32.1. The van der Waals surface area contributed by atoms with Gasteiger partial charge in [0.2, 0.25) is 0 Å². The summed E-state index contributed by atoms with van der Waals surface area (Å²) in [5.74, 6) is 1.82. The highest BCUT2D eigenvalue weighted by Gasteiger charge is 1.58. The fraction of sp³-hybridized carbons (Fsp3) is 0.667. The number of hydrogen-bond donors (Lipinski definition) is 1. The molecule has 0 N–H and O–H groups in total. The predicted molar refractivity (Wildman–Crippen MR) is 23.6 cm³/mol. The Bertz CT molecular complexity index is 5.25. The second kappa shape index (κ2) is 3.35. The average molecular weight is 75.2 g/mol. The summed E-state index contributed by atoms with van der Waals surface area (Å²) in [6, 6.07) is 0. The molecule has 0 unspecified atom stereocenters. The van der Waals surface area contributed by atoms with Crippen LogP contribution in [0, 0.1) is 5.75 Å². The summed E-state index contributed by atoms with van der Waals surface area (Å²) in [7, 11) is 0. The van der Waals surface area contributed by atoms with Crippen LogP contribution in [0.15, 0.2) is 0 Å². The topological polar surface area (TPSA) is 0 Å². The first-order valence-corrected chi connectivity index (χ1v) is 1.89. The molecule has 0 aromatic heterocycles. The summed E-state index contributed by atoms with van der Waals surface area (Å²) in [6.45, 7) is 2.05. The number of hydrogen-bond acceptors (Lipinski definition) is 1. The summed E-state index contributed by atoms with van der Waals surface area (Å²) in [6.07, 6.45) is 1.06. The molecule has 0 aromatic carbocycles. The number of thiol groups is 1. The normalized spacial score (nSPS) is 7.50. The lowest BCUT2D eigenvalue weighted by atomic mass is 10.6. The van der Waals surface area contributed by atoms with Crippen molar-refractivity contribution in [3.63, 3.8) is 0 Å². The Balaban J connectivity index is 1.97. The molecule has 0 rings (SSSR count). The third kappa shape index (κ3) is 2.35. The van der Waals surface area contributed by atoms with Gasteiger partial charge in [0, 0.05) is 5.75 Å². The molecule has 4 heavy (non-hydrogen) atoms. The molecule has 0 saturated heterocycles. The molecule has 0 aliphatic rings. The van der Waals surface area contributed by atoms with Gasteiger partial charge in [0.05, 0.1) is 0 Å². The van der Waals surface area contributed by atoms with Gasteiger partial charge in [-0.05, 0) is 6.42 Å². The average Bonchev–Trinajstić information content (AvgIpc) is 1.37. The van der Waals surface area contributed by atoms with E-state index in [9.17, 15) is 0 Å². The van der Waals surface area contributed by atoms with Crippen molar-refractivity contribution in [3.05, 3.63) is 5.75 Å². The second-order valence-electron chi connectivity index (χ2n) is 0.591. The second-order valence-corrected chi connectivity index (χ2v) is 0.956. The van der Waals surface area contributed by atoms with Gasteiger partial charge in [-0.3, -0.25) is 0 Å². The molecule has 0 spiro atoms. The maximum absolute atomic E-state index is 3.80. The molecule has 0 aliphatic heterocycles. The zero-order valence-corrected chi connectivity index (χ0v) is 3.63. The smallest absolute Gasteiger partial charge is 0.0131 e. The largest absolute Gasteiger partial charge is 0.175 e. The minimum atomic E-state index is 1.06. The van der Waals surface area contributed by atoms with Crippen molar-refractivity contribution in [1.82, 2.24) is 0 Å². The van der Waals surface area contributed by atoms with Crippen LogP contribution in [0.4, 0.5) is 0 Å². The first-order chi connectivity index (χ1) is 1.91. The highest BCUT2D eigenvalue weighted by Crippen LogP contribution is 1.84. The van der Waals surface area contributed by atoms with Crippen LogP contribution >= 0.6 is 12.6 Å². The molecule has 25 valence electrons. The van der Waals surface area contributed by atoms with Crippen LogP contribution in [-0.4, -0.2) is 0 Å². The molecule has 1 radical (unpaired) electrons. The van der Waals surface area contributed by atoms with E-state index in [1.165, 1.54) is 0 Å². The lowest BCUT2D eigenvalue weighted by molar-refractivity contribution is 1.20. The van der Waals surface area contributed by atoms with E-state index >= 15 is 0 Å². The third-order valence-electron chi connectivity index (χ3n) is 0.183. The van der Waals surface area contributed by atoms with Gasteiger partial charge in [-0.1, -0.05) is 6.92 Å². The quantitative estimate of drug-likeness (QED) is 0.448. The lowest BCUT2D eigenvalue weighted by Gasteiger charge is -1.66. The van der Waals surface area contributed by atoms with E-state index < -0.39 is 0 Å². The molecule has 0 heterocycles. The van der Waals surface area contributed by atoms with Crippen LogP contribution in [0.2, 0.25) is 0 Å². The molecule has 0 amide bonds. The monoisotopic (exact) mass is 75.0 g/mol. The molecule has 0 atom stereocenters. The van der Waals surface area contributed by atoms with Crippen LogP contribution in [0.5, 0.6) is 0 Å². The van der Waals surface area contributed by atoms with E-state index in [1.807, 2.05) is 12.7 Å². The molecule has 0 bridgehead atoms. The minimum Gasteiger partial charge on any atom is -0.175 e. The molecule has 0 fully saturated rings. The van der Waals surface area contributed by atoms with Crippen LogP contribution in [0.25, 0.3) is 0 Å². The number of rotatable bonds is 1. The Kier molecular flexibility index (Phi) is 3.64. The van der Waals surface area contributed by atoms with Gasteiger partial charge in [0.1, 0.15) is 0 Å². The van der Waals surface area contributed by atoms with Gasteiger partial charge in [-0.2, -0.15) is 12.6 Å². The highest BCUT2D eigenvalue weighted by molar-refractivity contribution is 7.82. The van der Waals surface area contributed by atoms with E-state index in [0.29, 0.717) is 0 Å². The molecule has 1 heteroatoms. The molecular weight excluding hydrogens is 68.1 g/mol. The van der Waals surface area contributed by atoms with Crippen molar-refractivity contribution in [1.29, 1.82) is 0 Å². The zero-order chi connectivity index (χ0) is 3.41. The van der Waals surface area contributed by atoms with Gasteiger partial charge in [-0.15, -0.1) is 0 Å². The van der Waals surface area contributed by atoms with E-state index in [1.54, 1.807) is 0 Å². The SMILES string of the molecule is CC[CH]S. The summed E-state index contributed by atoms with van der Waals surface area (Å²) >= 11 is 3.80. The Morgan fingerprint density at radius 1 is 2.00 bits per heavy atom. The van der Waals surface area contributed by atoms with E-state index in [0.717, 1.165) is 6.42 Å². The minimum absolute atomic E-state index is 1.06. The standard InChI is InChI=1S/C3H7S/c1-2-3-4/h3-4H,2H2,1H3. The molecule has 0 aromatic rings. The van der Waals surface area contributed by atoms with E-state index in [-0.39, 0.29) is 0 Å². The maximum atomic E-state index is 3.80. The Hall–Kier alpha value is 0.350. The molecule has 0 saturated carbocycles. The molecule has 0 nitrogen and oxygen atoms in total. The summed E-state index contributed by atoms with van der Waals surface area (Å²) in [5, 5.41) is 0. The van der Waals surface area contributed by atoms with Crippen LogP contribution in [0.1, 0.15) is 13.3 Å². The van der Waals surface area contributed by atoms with E-state index in [2.05, 4.69) is 12.6 Å². The van der Waals surface area contributed by atoms with Crippen molar-refractivity contribution in [3.8, 4) is 0 Å². The molecule has 0 aliphatic carbocycles. The van der Waals surface area contributed by atoms with Crippen LogP contribution in [-0.2, 0) is 0 Å². The van der Waals surface area contributed by atoms with Crippen molar-refractivity contribution in [2.24, 2.45) is 0 Å². The van der Waals surface area contributed by atoms with Crippen LogP contribution < -0.4 is 0 Å². The van der Waals surface area contributed by atoms with Gasteiger partial charge >= 0.3 is 0 Å². The van der Waals surface area contributed by atoms with Gasteiger partial charge in [-0.25, -0.2) is 0 Å². The summed E-state index contributed by atoms with van der Waals surface area (Å²) in [5.41, 5.74) is 0. The lowest BCUT2D eigenvalue weighted by Crippen LogP contribution is -1.44. The van der Waals surface area contributed by atoms with Crippen molar-refractivity contribution < 1.29 is 0 Å². The van der Waals surface area contributed by atoms with Gasteiger partial charge in [0.25, 0.3) is 0 Å². The summed E-state index contributed by atoms with van der Waals surface area (Å²) in [4.78, 5) is 0. The predicted octanol–water partition coefficient (Wildman–Crippen LogP) is 1.49. The summed E-state index contributed by atoms with van der Waals surface area (Å²) < 4.78 is 0. The zero-order valence-electron chi connectivity index (χ0n) is 2.73. The van der Waals surface area contributed by atoms with Gasteiger partial charge < -0.3 is 0 Å². The Morgan fingerprint density at radius 3 is 2.25 bits per heavy atom. The third-order valence-corrected chi connectivity index (χ3v) is 0.548. The first kappa shape index (κ1) is 4.35. The first-order valence-electron chi connectivity index (χ1n) is 1.37. The van der Waals surface area contributed by atoms with Gasteiger partial charge in [0.15, 0.2) is 0 Å². The van der Waals surface area contributed by atoms with Crippen molar-refractivity contribution in [2.75, 3.05) is 0 Å². The fourth-order valence-electron chi connectivity index (χ4n) is 0. The van der Waals surface area contributed by atoms with Crippen molar-refractivity contribution >= 4 is 12.6 Å². The fourth-order valence-corrected chi connectivity index (χ4v) is 0. The van der Waals surface area contributed by atoms with Crippen LogP contribution in [0.3, 0.4) is 0 Å². The van der Waals surface area contributed by atoms with E-state index in [4.69, 9.17) is 0 Å².